The van der Waals surface area contributed by atoms with Gasteiger partial charge in [-0.05, 0) is 37.5 Å². The van der Waals surface area contributed by atoms with E-state index in [0.29, 0.717) is 0 Å². The molecule has 3 aromatic rings. The first-order valence-corrected chi connectivity index (χ1v) is 10.00. The molecule has 1 atom stereocenters. The summed E-state index contributed by atoms with van der Waals surface area (Å²) in [7, 11) is 3.61. The average Bonchev–Trinajstić information content (AvgIpc) is 3.07. The van der Waals surface area contributed by atoms with Crippen LogP contribution in [-0.4, -0.2) is 52.9 Å². The zero-order valence-corrected chi connectivity index (χ0v) is 16.7. The number of aryl methyl sites for hydroxylation is 1. The number of aromatic nitrogens is 3. The Bertz CT molecular complexity index is 983. The first-order chi connectivity index (χ1) is 13.0. The summed E-state index contributed by atoms with van der Waals surface area (Å²) in [6, 6.07) is 6.01. The molecule has 4 heterocycles. The highest BCUT2D eigenvalue weighted by Crippen LogP contribution is 2.40. The highest BCUT2D eigenvalue weighted by Gasteiger charge is 2.30. The predicted molar refractivity (Wildman–Crippen MR) is 109 cm³/mol. The van der Waals surface area contributed by atoms with E-state index < -0.39 is 0 Å². The van der Waals surface area contributed by atoms with Crippen molar-refractivity contribution in [3.63, 3.8) is 0 Å². The van der Waals surface area contributed by atoms with Gasteiger partial charge in [-0.15, -0.1) is 11.3 Å². The maximum atomic E-state index is 12.8. The molecule has 0 N–H and O–H groups in total. The Kier molecular flexibility index (Phi) is 4.78. The molecular formula is C20H23N5OS. The molecule has 3 aromatic heterocycles. The summed E-state index contributed by atoms with van der Waals surface area (Å²) in [5.74, 6) is 2.09. The molecule has 0 bridgehead atoms. The van der Waals surface area contributed by atoms with E-state index in [0.717, 1.165) is 58.2 Å². The molecule has 0 saturated carbocycles. The lowest BCUT2D eigenvalue weighted by Crippen LogP contribution is -2.35. The van der Waals surface area contributed by atoms with Gasteiger partial charge in [0.25, 0.3) is 5.91 Å². The minimum atomic E-state index is 0.0583. The smallest absolute Gasteiger partial charge is 0.263 e. The van der Waals surface area contributed by atoms with Gasteiger partial charge >= 0.3 is 0 Å². The van der Waals surface area contributed by atoms with E-state index >= 15 is 0 Å². The number of fused-ring (bicyclic) bond motifs is 1. The van der Waals surface area contributed by atoms with Crippen molar-refractivity contribution in [2.45, 2.75) is 25.7 Å². The van der Waals surface area contributed by atoms with Gasteiger partial charge < -0.3 is 9.80 Å². The fourth-order valence-electron chi connectivity index (χ4n) is 3.76. The molecule has 27 heavy (non-hydrogen) atoms. The van der Waals surface area contributed by atoms with Crippen LogP contribution in [0.15, 0.2) is 30.6 Å². The third-order valence-electron chi connectivity index (χ3n) is 5.02. The largest absolute Gasteiger partial charge is 0.356 e. The van der Waals surface area contributed by atoms with Crippen molar-refractivity contribution in [2.75, 3.05) is 32.1 Å². The SMILES string of the molecule is Cc1nccc(N2CCCC(c3c(C(=O)N(C)C)sc4ncccc34)C2)n1. The molecule has 6 nitrogen and oxygen atoms in total. The molecule has 140 valence electrons. The Hall–Kier alpha value is -2.54. The lowest BCUT2D eigenvalue weighted by atomic mass is 9.88. The van der Waals surface area contributed by atoms with Gasteiger partial charge in [0, 0.05) is 50.9 Å². The Labute approximate surface area is 162 Å². The van der Waals surface area contributed by atoms with E-state index in [9.17, 15) is 4.79 Å². The number of nitrogens with zero attached hydrogens (tertiary/aromatic N) is 5. The molecule has 0 aliphatic carbocycles. The van der Waals surface area contributed by atoms with Crippen molar-refractivity contribution in [1.29, 1.82) is 0 Å². The Morgan fingerprint density at radius 1 is 1.26 bits per heavy atom. The monoisotopic (exact) mass is 381 g/mol. The second-order valence-electron chi connectivity index (χ2n) is 7.15. The third kappa shape index (κ3) is 3.39. The van der Waals surface area contributed by atoms with Crippen LogP contribution in [0, 0.1) is 6.92 Å². The molecule has 1 amide bonds. The van der Waals surface area contributed by atoms with Gasteiger partial charge in [0.1, 0.15) is 16.5 Å². The molecule has 4 rings (SSSR count). The third-order valence-corrected chi connectivity index (χ3v) is 6.14. The maximum Gasteiger partial charge on any atom is 0.263 e. The predicted octanol–water partition coefficient (Wildman–Crippen LogP) is 3.48. The molecule has 1 fully saturated rings. The Morgan fingerprint density at radius 2 is 2.11 bits per heavy atom. The van der Waals surface area contributed by atoms with Gasteiger partial charge in [0.2, 0.25) is 0 Å². The van der Waals surface area contributed by atoms with Crippen molar-refractivity contribution >= 4 is 33.3 Å². The molecule has 1 aliphatic rings. The highest BCUT2D eigenvalue weighted by atomic mass is 32.1. The van der Waals surface area contributed by atoms with E-state index in [4.69, 9.17) is 0 Å². The number of hydrogen-bond donors (Lipinski definition) is 0. The minimum absolute atomic E-state index is 0.0583. The Morgan fingerprint density at radius 3 is 2.89 bits per heavy atom. The van der Waals surface area contributed by atoms with Crippen LogP contribution in [0.1, 0.15) is 39.8 Å². The van der Waals surface area contributed by atoms with Gasteiger partial charge in [0.05, 0.1) is 4.88 Å². The molecule has 1 aliphatic heterocycles. The fraction of sp³-hybridized carbons (Fsp3) is 0.400. The number of rotatable bonds is 3. The number of piperidine rings is 1. The zero-order chi connectivity index (χ0) is 19.0. The molecular weight excluding hydrogens is 358 g/mol. The summed E-state index contributed by atoms with van der Waals surface area (Å²) in [4.78, 5) is 31.9. The summed E-state index contributed by atoms with van der Waals surface area (Å²) >= 11 is 1.51. The van der Waals surface area contributed by atoms with Gasteiger partial charge in [-0.1, -0.05) is 6.07 Å². The highest BCUT2D eigenvalue weighted by molar-refractivity contribution is 7.20. The van der Waals surface area contributed by atoms with Crippen molar-refractivity contribution in [1.82, 2.24) is 19.9 Å². The second kappa shape index (κ2) is 7.23. The van der Waals surface area contributed by atoms with Crippen molar-refractivity contribution in [3.05, 3.63) is 46.9 Å². The summed E-state index contributed by atoms with van der Waals surface area (Å²) in [5.41, 5.74) is 1.15. The van der Waals surface area contributed by atoms with E-state index in [-0.39, 0.29) is 11.8 Å². The quantitative estimate of drug-likeness (QED) is 0.695. The standard InChI is InChI=1S/C20H23N5OS/c1-13-21-10-8-16(23-13)25-11-5-6-14(12-25)17-15-7-4-9-22-19(15)27-18(17)20(26)24(2)3/h4,7-10,14H,5-6,11-12H2,1-3H3. The number of hydrogen-bond acceptors (Lipinski definition) is 6. The molecule has 0 spiro atoms. The van der Waals surface area contributed by atoms with Crippen molar-refractivity contribution in [3.8, 4) is 0 Å². The van der Waals surface area contributed by atoms with Crippen LogP contribution in [0.5, 0.6) is 0 Å². The number of carbonyl (C=O) groups is 1. The van der Waals surface area contributed by atoms with Crippen LogP contribution < -0.4 is 4.90 Å². The first-order valence-electron chi connectivity index (χ1n) is 9.18. The minimum Gasteiger partial charge on any atom is -0.356 e. The van der Waals surface area contributed by atoms with Crippen LogP contribution in [0.2, 0.25) is 0 Å². The average molecular weight is 382 g/mol. The van der Waals surface area contributed by atoms with E-state index in [1.807, 2.05) is 25.3 Å². The van der Waals surface area contributed by atoms with Crippen LogP contribution in [0.3, 0.4) is 0 Å². The Balaban J connectivity index is 1.74. The number of anilines is 1. The second-order valence-corrected chi connectivity index (χ2v) is 8.15. The van der Waals surface area contributed by atoms with Crippen molar-refractivity contribution in [2.24, 2.45) is 0 Å². The number of carbonyl (C=O) groups excluding carboxylic acids is 1. The number of thiophene rings is 1. The van der Waals surface area contributed by atoms with Crippen LogP contribution >= 0.6 is 11.3 Å². The zero-order valence-electron chi connectivity index (χ0n) is 15.8. The number of pyridine rings is 1. The van der Waals surface area contributed by atoms with E-state index in [2.05, 4.69) is 25.9 Å². The molecule has 1 saturated heterocycles. The molecule has 1 unspecified atom stereocenters. The van der Waals surface area contributed by atoms with Crippen LogP contribution in [-0.2, 0) is 0 Å². The summed E-state index contributed by atoms with van der Waals surface area (Å²) < 4.78 is 0. The van der Waals surface area contributed by atoms with Gasteiger partial charge in [-0.2, -0.15) is 0 Å². The molecule has 0 radical (unpaired) electrons. The summed E-state index contributed by atoms with van der Waals surface area (Å²) in [5, 5.41) is 1.11. The normalized spacial score (nSPS) is 17.3. The van der Waals surface area contributed by atoms with Crippen LogP contribution in [0.25, 0.3) is 10.2 Å². The van der Waals surface area contributed by atoms with Gasteiger partial charge in [0.15, 0.2) is 0 Å². The number of amides is 1. The molecule has 0 aromatic carbocycles. The van der Waals surface area contributed by atoms with Crippen LogP contribution in [0.4, 0.5) is 5.82 Å². The lowest BCUT2D eigenvalue weighted by Gasteiger charge is -2.34. The first kappa shape index (κ1) is 17.9. The van der Waals surface area contributed by atoms with Gasteiger partial charge in [-0.3, -0.25) is 4.79 Å². The van der Waals surface area contributed by atoms with Crippen molar-refractivity contribution < 1.29 is 4.79 Å². The fourth-order valence-corrected chi connectivity index (χ4v) is 5.01. The van der Waals surface area contributed by atoms with Gasteiger partial charge in [-0.25, -0.2) is 15.0 Å². The topological polar surface area (TPSA) is 62.2 Å². The maximum absolute atomic E-state index is 12.8. The summed E-state index contributed by atoms with van der Waals surface area (Å²) in [6.45, 7) is 3.74. The summed E-state index contributed by atoms with van der Waals surface area (Å²) in [6.07, 6.45) is 5.74. The molecule has 7 heteroatoms. The lowest BCUT2D eigenvalue weighted by molar-refractivity contribution is 0.0831. The van der Waals surface area contributed by atoms with E-state index in [1.165, 1.54) is 11.3 Å². The van der Waals surface area contributed by atoms with E-state index in [1.54, 1.807) is 25.2 Å².